The van der Waals surface area contributed by atoms with Crippen molar-refractivity contribution in [2.75, 3.05) is 57.8 Å². The van der Waals surface area contributed by atoms with E-state index in [1.54, 1.807) is 0 Å². The molecule has 0 aromatic heterocycles. The molecule has 2 rings (SSSR count). The van der Waals surface area contributed by atoms with Crippen molar-refractivity contribution in [2.45, 2.75) is 19.1 Å². The van der Waals surface area contributed by atoms with E-state index in [0.717, 1.165) is 57.8 Å². The fourth-order valence-corrected chi connectivity index (χ4v) is 2.90. The van der Waals surface area contributed by atoms with Gasteiger partial charge in [-0.05, 0) is 6.54 Å². The van der Waals surface area contributed by atoms with Crippen molar-refractivity contribution in [1.82, 2.24) is 9.80 Å². The van der Waals surface area contributed by atoms with Gasteiger partial charge in [-0.2, -0.15) is 0 Å². The van der Waals surface area contributed by atoms with Crippen LogP contribution < -0.4 is 0 Å². The van der Waals surface area contributed by atoms with E-state index in [4.69, 9.17) is 9.47 Å². The van der Waals surface area contributed by atoms with E-state index >= 15 is 0 Å². The second kappa shape index (κ2) is 7.04. The van der Waals surface area contributed by atoms with Gasteiger partial charge in [0.05, 0.1) is 25.4 Å². The van der Waals surface area contributed by atoms with Crippen molar-refractivity contribution in [3.63, 3.8) is 0 Å². The van der Waals surface area contributed by atoms with Crippen LogP contribution in [-0.4, -0.2) is 79.8 Å². The van der Waals surface area contributed by atoms with Crippen molar-refractivity contribution in [3.8, 4) is 0 Å². The van der Waals surface area contributed by atoms with Gasteiger partial charge in [-0.1, -0.05) is 22.9 Å². The number of hydrogen-bond donors (Lipinski definition) is 0. The van der Waals surface area contributed by atoms with Crippen LogP contribution in [0.4, 0.5) is 0 Å². The summed E-state index contributed by atoms with van der Waals surface area (Å²) in [5.74, 6) is 0. The summed E-state index contributed by atoms with van der Waals surface area (Å²) in [6.45, 7) is 10.3. The van der Waals surface area contributed by atoms with Crippen LogP contribution in [0.15, 0.2) is 0 Å². The van der Waals surface area contributed by atoms with E-state index in [9.17, 15) is 0 Å². The lowest BCUT2D eigenvalue weighted by molar-refractivity contribution is -0.0688. The van der Waals surface area contributed by atoms with E-state index in [2.05, 4.69) is 32.7 Å². The summed E-state index contributed by atoms with van der Waals surface area (Å²) in [7, 11) is 0. The minimum absolute atomic E-state index is 0.342. The summed E-state index contributed by atoms with van der Waals surface area (Å²) in [4.78, 5) is 4.94. The number of rotatable bonds is 4. The van der Waals surface area contributed by atoms with Gasteiger partial charge in [-0.3, -0.25) is 9.80 Å². The molecule has 100 valence electrons. The fourth-order valence-electron chi connectivity index (χ4n) is 2.51. The minimum atomic E-state index is 0.342. The molecule has 2 aliphatic heterocycles. The van der Waals surface area contributed by atoms with Crippen LogP contribution in [0.25, 0.3) is 0 Å². The quantitative estimate of drug-likeness (QED) is 0.718. The van der Waals surface area contributed by atoms with Gasteiger partial charge in [-0.15, -0.1) is 0 Å². The van der Waals surface area contributed by atoms with Crippen molar-refractivity contribution >= 4 is 15.9 Å². The molecule has 0 aromatic carbocycles. The van der Waals surface area contributed by atoms with Gasteiger partial charge in [0, 0.05) is 38.1 Å². The number of morpholine rings is 2. The van der Waals surface area contributed by atoms with E-state index in [-0.39, 0.29) is 0 Å². The maximum Gasteiger partial charge on any atom is 0.0829 e. The third-order valence-corrected chi connectivity index (χ3v) is 4.25. The van der Waals surface area contributed by atoms with Gasteiger partial charge in [0.1, 0.15) is 0 Å². The SMILES string of the molecule is CCN1CCOC(CN2CCOC(CBr)C2)C1. The number of likely N-dealkylation sites (N-methyl/N-ethyl adjacent to an activating group) is 1. The molecule has 4 nitrogen and oxygen atoms in total. The van der Waals surface area contributed by atoms with Crippen LogP contribution in [-0.2, 0) is 9.47 Å². The molecule has 2 fully saturated rings. The second-order valence-corrected chi connectivity index (χ2v) is 5.44. The predicted octanol–water partition coefficient (Wildman–Crippen LogP) is 0.803. The summed E-state index contributed by atoms with van der Waals surface area (Å²) in [5.41, 5.74) is 0. The molecule has 2 heterocycles. The summed E-state index contributed by atoms with van der Waals surface area (Å²) in [5, 5.41) is 0.927. The van der Waals surface area contributed by atoms with Crippen molar-refractivity contribution < 1.29 is 9.47 Å². The fraction of sp³-hybridized carbons (Fsp3) is 1.00. The zero-order valence-electron chi connectivity index (χ0n) is 10.6. The van der Waals surface area contributed by atoms with Gasteiger partial charge < -0.3 is 9.47 Å². The summed E-state index contributed by atoms with van der Waals surface area (Å²) in [6.07, 6.45) is 0.715. The molecule has 0 amide bonds. The Kier molecular flexibility index (Phi) is 5.69. The molecule has 17 heavy (non-hydrogen) atoms. The first kappa shape index (κ1) is 13.7. The van der Waals surface area contributed by atoms with Gasteiger partial charge in [0.2, 0.25) is 0 Å². The largest absolute Gasteiger partial charge is 0.375 e. The molecule has 0 aliphatic carbocycles. The van der Waals surface area contributed by atoms with Gasteiger partial charge in [0.15, 0.2) is 0 Å². The average Bonchev–Trinajstić information content (AvgIpc) is 2.39. The summed E-state index contributed by atoms with van der Waals surface area (Å²) in [6, 6.07) is 0. The summed E-state index contributed by atoms with van der Waals surface area (Å²) >= 11 is 3.49. The molecule has 2 unspecified atom stereocenters. The Labute approximate surface area is 112 Å². The highest BCUT2D eigenvalue weighted by Gasteiger charge is 2.25. The third-order valence-electron chi connectivity index (χ3n) is 3.53. The highest BCUT2D eigenvalue weighted by Crippen LogP contribution is 2.11. The standard InChI is InChI=1S/C12H23BrN2O2/c1-2-14-3-5-17-12(9-14)10-15-4-6-16-11(7-13)8-15/h11-12H,2-10H2,1H3. The Morgan fingerprint density at radius 3 is 2.41 bits per heavy atom. The molecule has 0 saturated carbocycles. The molecule has 0 aromatic rings. The van der Waals surface area contributed by atoms with Crippen LogP contribution >= 0.6 is 15.9 Å². The molecular weight excluding hydrogens is 284 g/mol. The average molecular weight is 307 g/mol. The Bertz CT molecular complexity index is 209. The number of hydrogen-bond acceptors (Lipinski definition) is 4. The molecule has 2 atom stereocenters. The molecule has 5 heteroatoms. The first-order valence-corrected chi connectivity index (χ1v) is 7.67. The molecule has 2 saturated heterocycles. The molecule has 0 radical (unpaired) electrons. The normalized spacial score (nSPS) is 32.8. The van der Waals surface area contributed by atoms with E-state index in [1.807, 2.05) is 0 Å². The zero-order chi connectivity index (χ0) is 12.1. The first-order chi connectivity index (χ1) is 8.31. The topological polar surface area (TPSA) is 24.9 Å². The lowest BCUT2D eigenvalue weighted by Gasteiger charge is -2.38. The Balaban J connectivity index is 1.75. The first-order valence-electron chi connectivity index (χ1n) is 6.55. The third kappa shape index (κ3) is 4.17. The number of alkyl halides is 1. The van der Waals surface area contributed by atoms with Gasteiger partial charge >= 0.3 is 0 Å². The van der Waals surface area contributed by atoms with Crippen LogP contribution in [0.3, 0.4) is 0 Å². The van der Waals surface area contributed by atoms with Gasteiger partial charge in [0.25, 0.3) is 0 Å². The maximum atomic E-state index is 5.85. The number of nitrogens with zero attached hydrogens (tertiary/aromatic N) is 2. The highest BCUT2D eigenvalue weighted by atomic mass is 79.9. The van der Waals surface area contributed by atoms with Crippen molar-refractivity contribution in [3.05, 3.63) is 0 Å². The minimum Gasteiger partial charge on any atom is -0.375 e. The van der Waals surface area contributed by atoms with E-state index < -0.39 is 0 Å². The number of halogens is 1. The highest BCUT2D eigenvalue weighted by molar-refractivity contribution is 9.09. The monoisotopic (exact) mass is 306 g/mol. The molecule has 0 N–H and O–H groups in total. The van der Waals surface area contributed by atoms with E-state index in [1.165, 1.54) is 0 Å². The second-order valence-electron chi connectivity index (χ2n) is 4.79. The maximum absolute atomic E-state index is 5.85. The van der Waals surface area contributed by atoms with E-state index in [0.29, 0.717) is 12.2 Å². The molecule has 2 aliphatic rings. The predicted molar refractivity (Wildman–Crippen MR) is 71.8 cm³/mol. The summed E-state index contributed by atoms with van der Waals surface area (Å²) < 4.78 is 11.5. The Morgan fingerprint density at radius 1 is 1.06 bits per heavy atom. The lowest BCUT2D eigenvalue weighted by Crippen LogP contribution is -2.51. The lowest BCUT2D eigenvalue weighted by atomic mass is 10.2. The van der Waals surface area contributed by atoms with Crippen LogP contribution in [0, 0.1) is 0 Å². The zero-order valence-corrected chi connectivity index (χ0v) is 12.2. The Hall–Kier alpha value is 0.320. The van der Waals surface area contributed by atoms with Gasteiger partial charge in [-0.25, -0.2) is 0 Å². The van der Waals surface area contributed by atoms with Crippen LogP contribution in [0.5, 0.6) is 0 Å². The van der Waals surface area contributed by atoms with Crippen LogP contribution in [0.2, 0.25) is 0 Å². The molecular formula is C12H23BrN2O2. The van der Waals surface area contributed by atoms with Crippen LogP contribution in [0.1, 0.15) is 6.92 Å². The number of ether oxygens (including phenoxy) is 2. The van der Waals surface area contributed by atoms with Crippen molar-refractivity contribution in [2.24, 2.45) is 0 Å². The smallest absolute Gasteiger partial charge is 0.0829 e. The Morgan fingerprint density at radius 2 is 1.71 bits per heavy atom. The molecule has 0 spiro atoms. The van der Waals surface area contributed by atoms with Crippen molar-refractivity contribution in [1.29, 1.82) is 0 Å². The molecule has 0 bridgehead atoms.